The molecule has 2 aromatic rings. The standard InChI is InChI=1S/C13H7Cl2NOS/c14-9-3-1-4-10(15)12(9)13(17)8(7-16)11-5-2-6-18-11/h1-6,8H. The van der Waals surface area contributed by atoms with Crippen LogP contribution in [-0.2, 0) is 0 Å². The van der Waals surface area contributed by atoms with Crippen molar-refractivity contribution >= 4 is 40.3 Å². The molecule has 1 atom stereocenters. The predicted octanol–water partition coefficient (Wildman–Crippen LogP) is 4.54. The normalized spacial score (nSPS) is 11.8. The van der Waals surface area contributed by atoms with Gasteiger partial charge in [-0.15, -0.1) is 11.3 Å². The molecule has 0 amide bonds. The molecule has 2 nitrogen and oxygen atoms in total. The summed E-state index contributed by atoms with van der Waals surface area (Å²) in [5, 5.41) is 11.5. The van der Waals surface area contributed by atoms with Gasteiger partial charge in [-0.25, -0.2) is 0 Å². The van der Waals surface area contributed by atoms with Crippen molar-refractivity contribution in [2.75, 3.05) is 0 Å². The number of benzene rings is 1. The Morgan fingerprint density at radius 3 is 2.39 bits per heavy atom. The molecule has 1 heterocycles. The highest BCUT2D eigenvalue weighted by Crippen LogP contribution is 2.31. The van der Waals surface area contributed by atoms with Gasteiger partial charge in [0.05, 0.1) is 21.7 Å². The van der Waals surface area contributed by atoms with Crippen LogP contribution in [0.1, 0.15) is 21.2 Å². The molecule has 0 aliphatic heterocycles. The molecule has 1 aromatic carbocycles. The number of hydrogen-bond acceptors (Lipinski definition) is 3. The van der Waals surface area contributed by atoms with E-state index in [9.17, 15) is 4.79 Å². The van der Waals surface area contributed by atoms with Crippen LogP contribution >= 0.6 is 34.5 Å². The van der Waals surface area contributed by atoms with Gasteiger partial charge in [-0.1, -0.05) is 35.3 Å². The average molecular weight is 296 g/mol. The van der Waals surface area contributed by atoms with Crippen molar-refractivity contribution in [1.82, 2.24) is 0 Å². The van der Waals surface area contributed by atoms with E-state index in [1.54, 1.807) is 30.3 Å². The lowest BCUT2D eigenvalue weighted by atomic mass is 9.97. The van der Waals surface area contributed by atoms with Gasteiger partial charge in [0.15, 0.2) is 5.78 Å². The summed E-state index contributed by atoms with van der Waals surface area (Å²) in [6.07, 6.45) is 0. The first kappa shape index (κ1) is 13.1. The number of carbonyl (C=O) groups excluding carboxylic acids is 1. The summed E-state index contributed by atoms with van der Waals surface area (Å²) >= 11 is 13.3. The van der Waals surface area contributed by atoms with E-state index in [2.05, 4.69) is 0 Å². The molecule has 0 aliphatic carbocycles. The highest BCUT2D eigenvalue weighted by Gasteiger charge is 2.26. The Labute approximate surface area is 118 Å². The number of carbonyl (C=O) groups is 1. The summed E-state index contributed by atoms with van der Waals surface area (Å²) in [5.41, 5.74) is 0.209. The van der Waals surface area contributed by atoms with Crippen LogP contribution < -0.4 is 0 Å². The van der Waals surface area contributed by atoms with E-state index in [0.29, 0.717) is 4.88 Å². The molecular weight excluding hydrogens is 289 g/mol. The summed E-state index contributed by atoms with van der Waals surface area (Å²) in [5.74, 6) is -1.22. The molecular formula is C13H7Cl2NOS. The van der Waals surface area contributed by atoms with Crippen molar-refractivity contribution in [3.63, 3.8) is 0 Å². The molecule has 0 spiro atoms. The average Bonchev–Trinajstić information content (AvgIpc) is 2.83. The van der Waals surface area contributed by atoms with E-state index >= 15 is 0 Å². The number of rotatable bonds is 3. The Hall–Kier alpha value is -1.34. The molecule has 0 bridgehead atoms. The van der Waals surface area contributed by atoms with Crippen LogP contribution in [0.25, 0.3) is 0 Å². The number of Topliss-reactive ketones (excluding diaryl/α,β-unsaturated/α-hetero) is 1. The molecule has 0 saturated carbocycles. The zero-order valence-corrected chi connectivity index (χ0v) is 11.4. The van der Waals surface area contributed by atoms with Crippen molar-refractivity contribution in [2.24, 2.45) is 0 Å². The Balaban J connectivity index is 2.46. The highest BCUT2D eigenvalue weighted by molar-refractivity contribution is 7.10. The van der Waals surface area contributed by atoms with Crippen molar-refractivity contribution in [2.45, 2.75) is 5.92 Å². The van der Waals surface area contributed by atoms with Gasteiger partial charge in [-0.05, 0) is 23.6 Å². The molecule has 0 N–H and O–H groups in total. The van der Waals surface area contributed by atoms with Gasteiger partial charge in [-0.2, -0.15) is 5.26 Å². The van der Waals surface area contributed by atoms with Gasteiger partial charge in [0.1, 0.15) is 5.92 Å². The second kappa shape index (κ2) is 5.53. The van der Waals surface area contributed by atoms with Crippen LogP contribution in [0.5, 0.6) is 0 Å². The van der Waals surface area contributed by atoms with E-state index in [1.165, 1.54) is 11.3 Å². The monoisotopic (exact) mass is 295 g/mol. The third-order valence-corrected chi connectivity index (χ3v) is 4.00. The Morgan fingerprint density at radius 1 is 1.22 bits per heavy atom. The Kier molecular flexibility index (Phi) is 4.03. The van der Waals surface area contributed by atoms with E-state index < -0.39 is 5.92 Å². The molecule has 2 rings (SSSR count). The van der Waals surface area contributed by atoms with Crippen LogP contribution in [0.4, 0.5) is 0 Å². The lowest BCUT2D eigenvalue weighted by molar-refractivity contribution is 0.0980. The van der Waals surface area contributed by atoms with Crippen LogP contribution in [-0.4, -0.2) is 5.78 Å². The maximum atomic E-state index is 12.3. The summed E-state index contributed by atoms with van der Waals surface area (Å²) in [7, 11) is 0. The summed E-state index contributed by atoms with van der Waals surface area (Å²) in [4.78, 5) is 13.0. The fourth-order valence-electron chi connectivity index (χ4n) is 1.58. The van der Waals surface area contributed by atoms with E-state index in [4.69, 9.17) is 28.5 Å². The highest BCUT2D eigenvalue weighted by atomic mass is 35.5. The maximum absolute atomic E-state index is 12.3. The molecule has 90 valence electrons. The third kappa shape index (κ3) is 2.41. The number of thiophene rings is 1. The lowest BCUT2D eigenvalue weighted by Crippen LogP contribution is -2.11. The van der Waals surface area contributed by atoms with Gasteiger partial charge >= 0.3 is 0 Å². The molecule has 1 aromatic heterocycles. The minimum absolute atomic E-state index is 0.209. The van der Waals surface area contributed by atoms with Crippen molar-refractivity contribution in [1.29, 1.82) is 5.26 Å². The first-order valence-electron chi connectivity index (χ1n) is 5.06. The zero-order chi connectivity index (χ0) is 13.1. The maximum Gasteiger partial charge on any atom is 0.188 e. The molecule has 0 fully saturated rings. The van der Waals surface area contributed by atoms with E-state index in [1.807, 2.05) is 11.4 Å². The van der Waals surface area contributed by atoms with Crippen LogP contribution in [0.3, 0.4) is 0 Å². The number of nitriles is 1. The second-order valence-electron chi connectivity index (χ2n) is 3.54. The zero-order valence-electron chi connectivity index (χ0n) is 9.06. The smallest absolute Gasteiger partial charge is 0.188 e. The predicted molar refractivity (Wildman–Crippen MR) is 73.5 cm³/mol. The van der Waals surface area contributed by atoms with Gasteiger partial charge in [0.2, 0.25) is 0 Å². The van der Waals surface area contributed by atoms with Crippen molar-refractivity contribution in [3.05, 3.63) is 56.2 Å². The molecule has 1 unspecified atom stereocenters. The first-order chi connectivity index (χ1) is 8.65. The number of nitrogens with zero attached hydrogens (tertiary/aromatic N) is 1. The molecule has 0 saturated heterocycles. The summed E-state index contributed by atoms with van der Waals surface area (Å²) in [6, 6.07) is 10.4. The largest absolute Gasteiger partial charge is 0.292 e. The second-order valence-corrected chi connectivity index (χ2v) is 5.33. The van der Waals surface area contributed by atoms with Crippen molar-refractivity contribution in [3.8, 4) is 6.07 Å². The first-order valence-corrected chi connectivity index (χ1v) is 6.70. The number of hydrogen-bond donors (Lipinski definition) is 0. The fourth-order valence-corrected chi connectivity index (χ4v) is 2.94. The molecule has 0 radical (unpaired) electrons. The number of ketones is 1. The lowest BCUT2D eigenvalue weighted by Gasteiger charge is -2.09. The van der Waals surface area contributed by atoms with E-state index in [0.717, 1.165) is 0 Å². The fraction of sp³-hybridized carbons (Fsp3) is 0.0769. The summed E-state index contributed by atoms with van der Waals surface area (Å²) < 4.78 is 0. The van der Waals surface area contributed by atoms with Gasteiger partial charge in [-0.3, -0.25) is 4.79 Å². The van der Waals surface area contributed by atoms with Crippen LogP contribution in [0.15, 0.2) is 35.7 Å². The quantitative estimate of drug-likeness (QED) is 0.780. The van der Waals surface area contributed by atoms with Gasteiger partial charge in [0, 0.05) is 4.88 Å². The minimum Gasteiger partial charge on any atom is -0.292 e. The Bertz CT molecular complexity index is 596. The molecule has 5 heteroatoms. The SMILES string of the molecule is N#CC(C(=O)c1c(Cl)cccc1Cl)c1cccs1. The van der Waals surface area contributed by atoms with Crippen molar-refractivity contribution < 1.29 is 4.79 Å². The number of halogens is 2. The minimum atomic E-state index is -0.859. The van der Waals surface area contributed by atoms with Crippen LogP contribution in [0, 0.1) is 11.3 Å². The van der Waals surface area contributed by atoms with E-state index in [-0.39, 0.29) is 21.4 Å². The molecule has 18 heavy (non-hydrogen) atoms. The summed E-state index contributed by atoms with van der Waals surface area (Å²) in [6.45, 7) is 0. The van der Waals surface area contributed by atoms with Gasteiger partial charge in [0.25, 0.3) is 0 Å². The third-order valence-electron chi connectivity index (χ3n) is 2.43. The van der Waals surface area contributed by atoms with Gasteiger partial charge < -0.3 is 0 Å². The topological polar surface area (TPSA) is 40.9 Å². The van der Waals surface area contributed by atoms with Crippen LogP contribution in [0.2, 0.25) is 10.0 Å². The Morgan fingerprint density at radius 2 is 1.89 bits per heavy atom. The molecule has 0 aliphatic rings.